The number of hydrogen-bond acceptors (Lipinski definition) is 1. The molecule has 0 aromatic rings. The second-order valence-corrected chi connectivity index (χ2v) is 3.59. The van der Waals surface area contributed by atoms with Crippen LogP contribution in [0.5, 0.6) is 0 Å². The van der Waals surface area contributed by atoms with Crippen LogP contribution in [0.15, 0.2) is 0 Å². The van der Waals surface area contributed by atoms with Crippen molar-refractivity contribution >= 4 is 0 Å². The molecule has 0 spiro atoms. The summed E-state index contributed by atoms with van der Waals surface area (Å²) in [6.07, 6.45) is 14.2. The Kier molecular flexibility index (Phi) is 9.25. The molecule has 1 nitrogen and oxygen atoms in total. The third kappa shape index (κ3) is 9.43. The number of aliphatic hydroxyl groups excluding tert-OH is 1. The van der Waals surface area contributed by atoms with E-state index in [4.69, 9.17) is 11.5 Å². The molecular weight excluding hydrogens is 160 g/mol. The zero-order valence-electron chi connectivity index (χ0n) is 8.76. The van der Waals surface area contributed by atoms with E-state index < -0.39 is 6.10 Å². The first-order valence-electron chi connectivity index (χ1n) is 5.45. The highest BCUT2D eigenvalue weighted by molar-refractivity contribution is 4.92. The van der Waals surface area contributed by atoms with Gasteiger partial charge in [-0.15, -0.1) is 6.42 Å². The van der Waals surface area contributed by atoms with E-state index in [-0.39, 0.29) is 0 Å². The lowest BCUT2D eigenvalue weighted by Crippen LogP contribution is -2.01. The number of hydrogen-bond donors (Lipinski definition) is 1. The molecule has 1 N–H and O–H groups in total. The second-order valence-electron chi connectivity index (χ2n) is 3.59. The van der Waals surface area contributed by atoms with Gasteiger partial charge in [0.05, 0.1) is 0 Å². The summed E-state index contributed by atoms with van der Waals surface area (Å²) >= 11 is 0. The van der Waals surface area contributed by atoms with Gasteiger partial charge in [-0.3, -0.25) is 0 Å². The van der Waals surface area contributed by atoms with E-state index in [2.05, 4.69) is 12.8 Å². The Hall–Kier alpha value is -0.480. The molecule has 0 radical (unpaired) electrons. The molecule has 13 heavy (non-hydrogen) atoms. The van der Waals surface area contributed by atoms with Crippen molar-refractivity contribution in [3.05, 3.63) is 0 Å². The summed E-state index contributed by atoms with van der Waals surface area (Å²) in [4.78, 5) is 0. The minimum absolute atomic E-state index is 0.518. The lowest BCUT2D eigenvalue weighted by Gasteiger charge is -2.02. The van der Waals surface area contributed by atoms with Crippen molar-refractivity contribution in [3.8, 4) is 12.3 Å². The van der Waals surface area contributed by atoms with Crippen molar-refractivity contribution in [1.29, 1.82) is 0 Å². The average molecular weight is 182 g/mol. The SMILES string of the molecule is C#C[C@@H](O)CCCCCCCCC. The van der Waals surface area contributed by atoms with Gasteiger partial charge in [0.1, 0.15) is 6.10 Å². The van der Waals surface area contributed by atoms with Gasteiger partial charge in [-0.05, 0) is 12.8 Å². The molecule has 0 aromatic heterocycles. The van der Waals surface area contributed by atoms with E-state index in [1.54, 1.807) is 0 Å². The lowest BCUT2D eigenvalue weighted by atomic mass is 10.1. The lowest BCUT2D eigenvalue weighted by molar-refractivity contribution is 0.217. The summed E-state index contributed by atoms with van der Waals surface area (Å²) in [7, 11) is 0. The number of terminal acetylenes is 1. The molecule has 0 fully saturated rings. The predicted octanol–water partition coefficient (Wildman–Crippen LogP) is 3.12. The zero-order valence-corrected chi connectivity index (χ0v) is 8.76. The average Bonchev–Trinajstić information content (AvgIpc) is 2.16. The fourth-order valence-electron chi connectivity index (χ4n) is 1.38. The largest absolute Gasteiger partial charge is 0.380 e. The summed E-state index contributed by atoms with van der Waals surface area (Å²) in [6, 6.07) is 0. The summed E-state index contributed by atoms with van der Waals surface area (Å²) in [6.45, 7) is 2.23. The first-order chi connectivity index (χ1) is 6.31. The van der Waals surface area contributed by atoms with Crippen LogP contribution in [0.25, 0.3) is 0 Å². The minimum atomic E-state index is -0.518. The van der Waals surface area contributed by atoms with Crippen molar-refractivity contribution in [1.82, 2.24) is 0 Å². The van der Waals surface area contributed by atoms with Crippen molar-refractivity contribution in [2.24, 2.45) is 0 Å². The van der Waals surface area contributed by atoms with Crippen molar-refractivity contribution in [3.63, 3.8) is 0 Å². The highest BCUT2D eigenvalue weighted by Gasteiger charge is 1.97. The number of unbranched alkanes of at least 4 members (excludes halogenated alkanes) is 6. The fourth-order valence-corrected chi connectivity index (χ4v) is 1.38. The molecule has 0 amide bonds. The van der Waals surface area contributed by atoms with Crippen LogP contribution in [-0.4, -0.2) is 11.2 Å². The van der Waals surface area contributed by atoms with Crippen molar-refractivity contribution in [2.75, 3.05) is 0 Å². The van der Waals surface area contributed by atoms with Crippen LogP contribution in [0.3, 0.4) is 0 Å². The van der Waals surface area contributed by atoms with Gasteiger partial charge in [0.15, 0.2) is 0 Å². The van der Waals surface area contributed by atoms with Crippen molar-refractivity contribution < 1.29 is 5.11 Å². The van der Waals surface area contributed by atoms with E-state index in [1.807, 2.05) is 0 Å². The van der Waals surface area contributed by atoms with Gasteiger partial charge in [-0.25, -0.2) is 0 Å². The molecule has 0 unspecified atom stereocenters. The molecule has 1 atom stereocenters. The maximum Gasteiger partial charge on any atom is 0.114 e. The summed E-state index contributed by atoms with van der Waals surface area (Å²) < 4.78 is 0. The monoisotopic (exact) mass is 182 g/mol. The van der Waals surface area contributed by atoms with E-state index in [0.717, 1.165) is 12.8 Å². The van der Waals surface area contributed by atoms with Gasteiger partial charge >= 0.3 is 0 Å². The van der Waals surface area contributed by atoms with Gasteiger partial charge in [0.2, 0.25) is 0 Å². The first kappa shape index (κ1) is 12.5. The fraction of sp³-hybridized carbons (Fsp3) is 0.833. The maximum absolute atomic E-state index is 9.06. The molecule has 0 rings (SSSR count). The third-order valence-electron chi connectivity index (χ3n) is 2.27. The van der Waals surface area contributed by atoms with E-state index in [9.17, 15) is 0 Å². The van der Waals surface area contributed by atoms with Crippen LogP contribution in [0.1, 0.15) is 58.3 Å². The smallest absolute Gasteiger partial charge is 0.114 e. The third-order valence-corrected chi connectivity index (χ3v) is 2.27. The summed E-state index contributed by atoms with van der Waals surface area (Å²) in [5.41, 5.74) is 0. The van der Waals surface area contributed by atoms with Gasteiger partial charge in [-0.1, -0.05) is 51.4 Å². The molecule has 0 aliphatic heterocycles. The number of aliphatic hydroxyl groups is 1. The van der Waals surface area contributed by atoms with Crippen molar-refractivity contribution in [2.45, 2.75) is 64.4 Å². The van der Waals surface area contributed by atoms with Crippen LogP contribution in [0.4, 0.5) is 0 Å². The Labute approximate surface area is 82.5 Å². The van der Waals surface area contributed by atoms with Crippen LogP contribution in [0, 0.1) is 12.3 Å². The molecule has 0 saturated carbocycles. The summed E-state index contributed by atoms with van der Waals surface area (Å²) in [5.74, 6) is 2.33. The Morgan fingerprint density at radius 2 is 1.62 bits per heavy atom. The quantitative estimate of drug-likeness (QED) is 0.451. The molecular formula is C12H22O. The molecule has 0 bridgehead atoms. The molecule has 0 aromatic carbocycles. The number of rotatable bonds is 8. The van der Waals surface area contributed by atoms with Gasteiger partial charge in [0.25, 0.3) is 0 Å². The minimum Gasteiger partial charge on any atom is -0.380 e. The van der Waals surface area contributed by atoms with Gasteiger partial charge in [-0.2, -0.15) is 0 Å². The van der Waals surface area contributed by atoms with E-state index >= 15 is 0 Å². The van der Waals surface area contributed by atoms with Crippen LogP contribution in [-0.2, 0) is 0 Å². The molecule has 0 saturated heterocycles. The normalized spacial score (nSPS) is 12.4. The van der Waals surface area contributed by atoms with Crippen LogP contribution >= 0.6 is 0 Å². The highest BCUT2D eigenvalue weighted by Crippen LogP contribution is 2.09. The first-order valence-corrected chi connectivity index (χ1v) is 5.45. The Morgan fingerprint density at radius 3 is 2.15 bits per heavy atom. The van der Waals surface area contributed by atoms with Crippen LogP contribution < -0.4 is 0 Å². The Balaban J connectivity index is 2.96. The molecule has 0 aliphatic rings. The molecule has 1 heteroatoms. The van der Waals surface area contributed by atoms with Crippen LogP contribution in [0.2, 0.25) is 0 Å². The highest BCUT2D eigenvalue weighted by atomic mass is 16.3. The molecule has 0 aliphatic carbocycles. The molecule has 0 heterocycles. The zero-order chi connectivity index (χ0) is 9.94. The Bertz CT molecular complexity index is 135. The topological polar surface area (TPSA) is 20.2 Å². The van der Waals surface area contributed by atoms with Gasteiger partial charge in [0, 0.05) is 0 Å². The standard InChI is InChI=1S/C12H22O/c1-3-5-6-7-8-9-10-11-12(13)4-2/h2,12-13H,3,5-11H2,1H3/t12-/m1/s1. The Morgan fingerprint density at radius 1 is 1.08 bits per heavy atom. The predicted molar refractivity (Wildman–Crippen MR) is 57.4 cm³/mol. The molecule has 76 valence electrons. The van der Waals surface area contributed by atoms with E-state index in [0.29, 0.717) is 0 Å². The van der Waals surface area contributed by atoms with E-state index in [1.165, 1.54) is 38.5 Å². The second kappa shape index (κ2) is 9.61. The summed E-state index contributed by atoms with van der Waals surface area (Å²) in [5, 5.41) is 9.06. The van der Waals surface area contributed by atoms with Gasteiger partial charge < -0.3 is 5.11 Å². The maximum atomic E-state index is 9.06.